The van der Waals surface area contributed by atoms with E-state index >= 15 is 0 Å². The first-order valence-corrected chi connectivity index (χ1v) is 11.7. The molecule has 9 heteroatoms. The van der Waals surface area contributed by atoms with Crippen molar-refractivity contribution in [3.05, 3.63) is 64.6 Å². The van der Waals surface area contributed by atoms with Crippen molar-refractivity contribution in [1.29, 1.82) is 0 Å². The second kappa shape index (κ2) is 8.23. The van der Waals surface area contributed by atoms with Gasteiger partial charge in [0, 0.05) is 37.3 Å². The van der Waals surface area contributed by atoms with E-state index < -0.39 is 10.0 Å². The molecule has 2 aromatic carbocycles. The van der Waals surface area contributed by atoms with E-state index in [1.807, 2.05) is 24.3 Å². The summed E-state index contributed by atoms with van der Waals surface area (Å²) in [6.07, 6.45) is 3.21. The van der Waals surface area contributed by atoms with Crippen molar-refractivity contribution in [1.82, 2.24) is 14.2 Å². The topological polar surface area (TPSA) is 70.6 Å². The maximum Gasteiger partial charge on any atom is 0.246 e. The smallest absolute Gasteiger partial charge is 0.246 e. The summed E-state index contributed by atoms with van der Waals surface area (Å²) >= 11 is 7.44. The van der Waals surface area contributed by atoms with Crippen LogP contribution in [0, 0.1) is 0 Å². The molecule has 1 fully saturated rings. The van der Waals surface area contributed by atoms with Crippen LogP contribution >= 0.6 is 22.9 Å². The number of benzene rings is 2. The van der Waals surface area contributed by atoms with E-state index in [9.17, 15) is 13.2 Å². The van der Waals surface area contributed by atoms with Gasteiger partial charge in [0.05, 0.1) is 15.1 Å². The fraction of sp³-hybridized carbons (Fsp3) is 0.200. The SMILES string of the molecule is O=C(C=Cc1nc2ccccc2s1)N1CCN(S(=O)(=O)c2cccc(Cl)c2)CC1. The van der Waals surface area contributed by atoms with Crippen LogP contribution in [0.3, 0.4) is 0 Å². The van der Waals surface area contributed by atoms with Crippen molar-refractivity contribution >= 4 is 55.2 Å². The number of rotatable bonds is 4. The van der Waals surface area contributed by atoms with Gasteiger partial charge in [-0.1, -0.05) is 29.8 Å². The highest BCUT2D eigenvalue weighted by Gasteiger charge is 2.29. The Morgan fingerprint density at radius 2 is 1.83 bits per heavy atom. The lowest BCUT2D eigenvalue weighted by Gasteiger charge is -2.33. The molecule has 0 aliphatic carbocycles. The quantitative estimate of drug-likeness (QED) is 0.574. The predicted octanol–water partition coefficient (Wildman–Crippen LogP) is 3.50. The number of hydrogen-bond donors (Lipinski definition) is 0. The number of hydrogen-bond acceptors (Lipinski definition) is 5. The molecule has 2 heterocycles. The highest BCUT2D eigenvalue weighted by molar-refractivity contribution is 7.89. The number of carbonyl (C=O) groups excluding carboxylic acids is 1. The molecule has 29 heavy (non-hydrogen) atoms. The molecule has 0 radical (unpaired) electrons. The van der Waals surface area contributed by atoms with Gasteiger partial charge >= 0.3 is 0 Å². The van der Waals surface area contributed by atoms with Crippen LogP contribution in [-0.4, -0.2) is 54.7 Å². The molecule has 0 unspecified atom stereocenters. The Bertz CT molecular complexity index is 1150. The summed E-state index contributed by atoms with van der Waals surface area (Å²) in [4.78, 5) is 18.8. The molecule has 0 spiro atoms. The minimum atomic E-state index is -3.62. The van der Waals surface area contributed by atoms with E-state index in [0.717, 1.165) is 15.2 Å². The average molecular weight is 448 g/mol. The zero-order valence-electron chi connectivity index (χ0n) is 15.4. The third kappa shape index (κ3) is 4.35. The second-order valence-electron chi connectivity index (χ2n) is 6.54. The molecule has 0 saturated carbocycles. The molecule has 1 aliphatic rings. The van der Waals surface area contributed by atoms with Crippen LogP contribution < -0.4 is 0 Å². The number of piperazine rings is 1. The standard InChI is InChI=1S/C20H18ClN3O3S2/c21-15-4-3-5-16(14-15)29(26,27)24-12-10-23(11-13-24)20(25)9-8-19-22-17-6-1-2-7-18(17)28-19/h1-9,14H,10-13H2. The Labute approximate surface area is 178 Å². The molecule has 150 valence electrons. The predicted molar refractivity (Wildman–Crippen MR) is 115 cm³/mol. The second-order valence-corrected chi connectivity index (χ2v) is 9.98. The van der Waals surface area contributed by atoms with Crippen molar-refractivity contribution in [2.24, 2.45) is 0 Å². The Morgan fingerprint density at radius 3 is 2.55 bits per heavy atom. The van der Waals surface area contributed by atoms with Gasteiger partial charge in [0.25, 0.3) is 0 Å². The van der Waals surface area contributed by atoms with Crippen LogP contribution in [-0.2, 0) is 14.8 Å². The summed E-state index contributed by atoms with van der Waals surface area (Å²) in [5, 5.41) is 1.14. The molecule has 0 N–H and O–H groups in total. The number of thiazole rings is 1. The van der Waals surface area contributed by atoms with Crippen LogP contribution in [0.5, 0.6) is 0 Å². The highest BCUT2D eigenvalue weighted by Crippen LogP contribution is 2.23. The largest absolute Gasteiger partial charge is 0.337 e. The fourth-order valence-corrected chi connectivity index (χ4v) is 5.73. The normalized spacial score (nSPS) is 16.0. The summed E-state index contributed by atoms with van der Waals surface area (Å²) in [5.74, 6) is -0.149. The molecular weight excluding hydrogens is 430 g/mol. The van der Waals surface area contributed by atoms with E-state index in [0.29, 0.717) is 18.1 Å². The van der Waals surface area contributed by atoms with E-state index in [1.54, 1.807) is 23.1 Å². The Balaban J connectivity index is 1.39. The first-order valence-electron chi connectivity index (χ1n) is 9.02. The van der Waals surface area contributed by atoms with Crippen molar-refractivity contribution in [3.63, 3.8) is 0 Å². The number of sulfonamides is 1. The number of amides is 1. The number of nitrogens with zero attached hydrogens (tertiary/aromatic N) is 3. The number of fused-ring (bicyclic) bond motifs is 1. The molecule has 0 atom stereocenters. The summed E-state index contributed by atoms with van der Waals surface area (Å²) in [6, 6.07) is 14.0. The third-order valence-electron chi connectivity index (χ3n) is 4.66. The lowest BCUT2D eigenvalue weighted by molar-refractivity contribution is -0.127. The minimum Gasteiger partial charge on any atom is -0.337 e. The van der Waals surface area contributed by atoms with Gasteiger partial charge < -0.3 is 4.90 Å². The van der Waals surface area contributed by atoms with Crippen LogP contribution in [0.15, 0.2) is 59.5 Å². The van der Waals surface area contributed by atoms with Crippen molar-refractivity contribution in [2.75, 3.05) is 26.2 Å². The van der Waals surface area contributed by atoms with E-state index in [1.165, 1.54) is 33.9 Å². The number of halogens is 1. The molecule has 1 amide bonds. The minimum absolute atomic E-state index is 0.149. The molecule has 3 aromatic rings. The van der Waals surface area contributed by atoms with Crippen LogP contribution in [0.4, 0.5) is 0 Å². The van der Waals surface area contributed by atoms with Gasteiger partial charge in [0.2, 0.25) is 15.9 Å². The van der Waals surface area contributed by atoms with Crippen molar-refractivity contribution in [2.45, 2.75) is 4.90 Å². The van der Waals surface area contributed by atoms with E-state index in [2.05, 4.69) is 4.98 Å². The number of aromatic nitrogens is 1. The Kier molecular flexibility index (Phi) is 5.69. The molecular formula is C20H18ClN3O3S2. The van der Waals surface area contributed by atoms with Gasteiger partial charge in [-0.25, -0.2) is 13.4 Å². The summed E-state index contributed by atoms with van der Waals surface area (Å²) in [5.41, 5.74) is 0.907. The molecule has 1 aliphatic heterocycles. The summed E-state index contributed by atoms with van der Waals surface area (Å²) in [7, 11) is -3.62. The van der Waals surface area contributed by atoms with Gasteiger partial charge in [-0.15, -0.1) is 11.3 Å². The van der Waals surface area contributed by atoms with Crippen LogP contribution in [0.25, 0.3) is 16.3 Å². The number of carbonyl (C=O) groups is 1. The summed E-state index contributed by atoms with van der Waals surface area (Å²) in [6.45, 7) is 1.16. The summed E-state index contributed by atoms with van der Waals surface area (Å²) < 4.78 is 28.0. The van der Waals surface area contributed by atoms with Crippen molar-refractivity contribution < 1.29 is 13.2 Å². The van der Waals surface area contributed by atoms with E-state index in [-0.39, 0.29) is 23.9 Å². The van der Waals surface area contributed by atoms with Gasteiger partial charge in [0.15, 0.2) is 0 Å². The fourth-order valence-electron chi connectivity index (χ4n) is 3.13. The zero-order chi connectivity index (χ0) is 20.4. The molecule has 1 saturated heterocycles. The maximum atomic E-state index is 12.8. The molecule has 1 aromatic heterocycles. The lowest BCUT2D eigenvalue weighted by atomic mass is 10.3. The third-order valence-corrected chi connectivity index (χ3v) is 7.79. The zero-order valence-corrected chi connectivity index (χ0v) is 17.8. The monoisotopic (exact) mass is 447 g/mol. The Hall–Kier alpha value is -2.26. The molecule has 6 nitrogen and oxygen atoms in total. The van der Waals surface area contributed by atoms with Gasteiger partial charge in [-0.3, -0.25) is 4.79 Å². The maximum absolute atomic E-state index is 12.8. The lowest BCUT2D eigenvalue weighted by Crippen LogP contribution is -2.50. The van der Waals surface area contributed by atoms with Crippen molar-refractivity contribution in [3.8, 4) is 0 Å². The highest BCUT2D eigenvalue weighted by atomic mass is 35.5. The van der Waals surface area contributed by atoms with Gasteiger partial charge in [-0.05, 0) is 36.4 Å². The molecule has 4 rings (SSSR count). The van der Waals surface area contributed by atoms with Gasteiger partial charge in [-0.2, -0.15) is 4.31 Å². The average Bonchev–Trinajstić information content (AvgIpc) is 3.15. The first-order chi connectivity index (χ1) is 13.9. The Morgan fingerprint density at radius 1 is 1.07 bits per heavy atom. The number of para-hydroxylation sites is 1. The van der Waals surface area contributed by atoms with Crippen LogP contribution in [0.1, 0.15) is 5.01 Å². The molecule has 0 bridgehead atoms. The van der Waals surface area contributed by atoms with Crippen LogP contribution in [0.2, 0.25) is 5.02 Å². The van der Waals surface area contributed by atoms with E-state index in [4.69, 9.17) is 11.6 Å². The van der Waals surface area contributed by atoms with Gasteiger partial charge in [0.1, 0.15) is 5.01 Å². The first kappa shape index (κ1) is 20.0.